The molecule has 5 nitrogen and oxygen atoms in total. The minimum absolute atomic E-state index is 0.000925. The largest absolute Gasteiger partial charge is 0.333 e. The number of amides is 1. The van der Waals surface area contributed by atoms with Crippen LogP contribution >= 0.6 is 0 Å². The summed E-state index contributed by atoms with van der Waals surface area (Å²) in [6.45, 7) is 7.21. The summed E-state index contributed by atoms with van der Waals surface area (Å²) >= 11 is 0. The molecule has 0 bridgehead atoms. The van der Waals surface area contributed by atoms with Crippen molar-refractivity contribution in [3.63, 3.8) is 0 Å². The molecule has 1 amide bonds. The standard InChI is InChI=1S/C16H21FN2O3S/c1-4-9-18-23(21,22)15-10-12(5-8-14(15)17)16(20)19(11(2)3)13-6-7-13/h4-5,8,10-11,13,18H,1,6-7,9H2,2-3H3. The van der Waals surface area contributed by atoms with Crippen LogP contribution in [-0.4, -0.2) is 37.9 Å². The lowest BCUT2D eigenvalue weighted by Gasteiger charge is -2.27. The molecule has 7 heteroatoms. The molecule has 1 fully saturated rings. The molecule has 0 radical (unpaired) electrons. The molecule has 126 valence electrons. The number of halogens is 1. The minimum atomic E-state index is -4.03. The lowest BCUT2D eigenvalue weighted by Crippen LogP contribution is -2.39. The molecule has 0 unspecified atom stereocenters. The van der Waals surface area contributed by atoms with Gasteiger partial charge < -0.3 is 4.90 Å². The second kappa shape index (κ2) is 6.80. The SMILES string of the molecule is C=CCNS(=O)(=O)c1cc(C(=O)N(C(C)C)C2CC2)ccc1F. The highest BCUT2D eigenvalue weighted by molar-refractivity contribution is 7.89. The summed E-state index contributed by atoms with van der Waals surface area (Å²) in [6.07, 6.45) is 3.24. The summed E-state index contributed by atoms with van der Waals surface area (Å²) in [7, 11) is -4.03. The van der Waals surface area contributed by atoms with Crippen LogP contribution in [0.1, 0.15) is 37.0 Å². The summed E-state index contributed by atoms with van der Waals surface area (Å²) in [5.41, 5.74) is 0.172. The molecular formula is C16H21FN2O3S. The molecule has 0 aliphatic heterocycles. The zero-order valence-electron chi connectivity index (χ0n) is 13.3. The van der Waals surface area contributed by atoms with Gasteiger partial charge in [-0.1, -0.05) is 6.08 Å². The Morgan fingerprint density at radius 3 is 2.65 bits per heavy atom. The summed E-state index contributed by atoms with van der Waals surface area (Å²) in [4.78, 5) is 13.8. The Hall–Kier alpha value is -1.73. The first-order chi connectivity index (χ1) is 10.8. The van der Waals surface area contributed by atoms with Crippen LogP contribution < -0.4 is 4.72 Å². The van der Waals surface area contributed by atoms with Crippen LogP contribution in [0, 0.1) is 5.82 Å². The fraction of sp³-hybridized carbons (Fsp3) is 0.438. The van der Waals surface area contributed by atoms with Gasteiger partial charge in [-0.3, -0.25) is 4.79 Å². The number of sulfonamides is 1. The van der Waals surface area contributed by atoms with Gasteiger partial charge in [-0.25, -0.2) is 17.5 Å². The normalized spacial score (nSPS) is 14.8. The van der Waals surface area contributed by atoms with E-state index in [2.05, 4.69) is 11.3 Å². The van der Waals surface area contributed by atoms with Gasteiger partial charge in [-0.15, -0.1) is 6.58 Å². The van der Waals surface area contributed by atoms with Crippen LogP contribution in [0.2, 0.25) is 0 Å². The quantitative estimate of drug-likeness (QED) is 0.775. The van der Waals surface area contributed by atoms with E-state index in [-0.39, 0.29) is 30.1 Å². The number of nitrogens with one attached hydrogen (secondary N) is 1. The van der Waals surface area contributed by atoms with Gasteiger partial charge in [-0.2, -0.15) is 0 Å². The molecule has 1 aliphatic rings. The Labute approximate surface area is 136 Å². The van der Waals surface area contributed by atoms with Crippen LogP contribution in [0.4, 0.5) is 4.39 Å². The lowest BCUT2D eigenvalue weighted by atomic mass is 10.1. The van der Waals surface area contributed by atoms with Crippen molar-refractivity contribution < 1.29 is 17.6 Å². The molecule has 0 heterocycles. The first kappa shape index (κ1) is 17.6. The van der Waals surface area contributed by atoms with E-state index in [1.165, 1.54) is 12.1 Å². The summed E-state index contributed by atoms with van der Waals surface area (Å²) in [5.74, 6) is -1.16. The third kappa shape index (κ3) is 3.97. The summed E-state index contributed by atoms with van der Waals surface area (Å²) in [6, 6.07) is 3.62. The van der Waals surface area contributed by atoms with Crippen molar-refractivity contribution in [1.82, 2.24) is 9.62 Å². The predicted octanol–water partition coefficient (Wildman–Crippen LogP) is 2.30. The van der Waals surface area contributed by atoms with Crippen LogP contribution in [0.25, 0.3) is 0 Å². The average molecular weight is 340 g/mol. The van der Waals surface area contributed by atoms with Crippen LogP contribution in [0.5, 0.6) is 0 Å². The Morgan fingerprint density at radius 2 is 2.13 bits per heavy atom. The number of nitrogens with zero attached hydrogens (tertiary/aromatic N) is 1. The molecule has 0 saturated heterocycles. The Kier molecular flexibility index (Phi) is 5.21. The van der Waals surface area contributed by atoms with E-state index < -0.39 is 20.7 Å². The highest BCUT2D eigenvalue weighted by atomic mass is 32.2. The van der Waals surface area contributed by atoms with Crippen LogP contribution in [0.3, 0.4) is 0 Å². The lowest BCUT2D eigenvalue weighted by molar-refractivity contribution is 0.0690. The van der Waals surface area contributed by atoms with Crippen LogP contribution in [0.15, 0.2) is 35.7 Å². The van der Waals surface area contributed by atoms with Gasteiger partial charge in [0.15, 0.2) is 0 Å². The highest BCUT2D eigenvalue weighted by Gasteiger charge is 2.35. The van der Waals surface area contributed by atoms with Crippen LogP contribution in [-0.2, 0) is 10.0 Å². The molecule has 2 rings (SSSR count). The Balaban J connectivity index is 2.36. The average Bonchev–Trinajstić information content (AvgIpc) is 3.29. The van der Waals surface area contributed by atoms with Gasteiger partial charge in [0.25, 0.3) is 5.91 Å². The molecule has 0 spiro atoms. The summed E-state index contributed by atoms with van der Waals surface area (Å²) < 4.78 is 40.4. The van der Waals surface area contributed by atoms with Crippen molar-refractivity contribution in [1.29, 1.82) is 0 Å². The van der Waals surface area contributed by atoms with Crippen molar-refractivity contribution in [2.45, 2.75) is 43.7 Å². The van der Waals surface area contributed by atoms with Crippen molar-refractivity contribution in [2.24, 2.45) is 0 Å². The highest BCUT2D eigenvalue weighted by Crippen LogP contribution is 2.30. The van der Waals surface area contributed by atoms with Crippen molar-refractivity contribution in [3.05, 3.63) is 42.2 Å². The van der Waals surface area contributed by atoms with Crippen molar-refractivity contribution in [3.8, 4) is 0 Å². The molecule has 1 saturated carbocycles. The smallest absolute Gasteiger partial charge is 0.254 e. The zero-order chi connectivity index (χ0) is 17.2. The molecule has 0 atom stereocenters. The fourth-order valence-corrected chi connectivity index (χ4v) is 3.51. The van der Waals surface area contributed by atoms with E-state index in [0.717, 1.165) is 25.0 Å². The topological polar surface area (TPSA) is 66.5 Å². The third-order valence-corrected chi connectivity index (χ3v) is 5.06. The number of benzene rings is 1. The van der Waals surface area contributed by atoms with Gasteiger partial charge in [0, 0.05) is 24.2 Å². The Bertz CT molecular complexity index is 710. The first-order valence-electron chi connectivity index (χ1n) is 7.50. The summed E-state index contributed by atoms with van der Waals surface area (Å²) in [5, 5.41) is 0. The molecule has 1 aromatic rings. The number of carbonyl (C=O) groups excluding carboxylic acids is 1. The monoisotopic (exact) mass is 340 g/mol. The Morgan fingerprint density at radius 1 is 1.48 bits per heavy atom. The van der Waals surface area contributed by atoms with Gasteiger partial charge in [0.05, 0.1) is 0 Å². The molecule has 1 aliphatic carbocycles. The molecule has 1 aromatic carbocycles. The molecule has 23 heavy (non-hydrogen) atoms. The first-order valence-corrected chi connectivity index (χ1v) is 8.99. The number of carbonyl (C=O) groups is 1. The van der Waals surface area contributed by atoms with E-state index >= 15 is 0 Å². The van der Waals surface area contributed by atoms with Crippen molar-refractivity contribution in [2.75, 3.05) is 6.54 Å². The number of hydrogen-bond acceptors (Lipinski definition) is 3. The van der Waals surface area contributed by atoms with E-state index in [0.29, 0.717) is 0 Å². The maximum atomic E-state index is 13.9. The van der Waals surface area contributed by atoms with Gasteiger partial charge >= 0.3 is 0 Å². The second-order valence-electron chi connectivity index (χ2n) is 5.82. The molecule has 0 aromatic heterocycles. The zero-order valence-corrected chi connectivity index (χ0v) is 14.1. The van der Waals surface area contributed by atoms with Gasteiger partial charge in [0.2, 0.25) is 10.0 Å². The number of rotatable bonds is 7. The minimum Gasteiger partial charge on any atom is -0.333 e. The van der Waals surface area contributed by atoms with Gasteiger partial charge in [0.1, 0.15) is 10.7 Å². The van der Waals surface area contributed by atoms with Crippen molar-refractivity contribution >= 4 is 15.9 Å². The predicted molar refractivity (Wildman–Crippen MR) is 86.1 cm³/mol. The van der Waals surface area contributed by atoms with E-state index in [1.807, 2.05) is 13.8 Å². The van der Waals surface area contributed by atoms with Gasteiger partial charge in [-0.05, 0) is 44.9 Å². The van der Waals surface area contributed by atoms with E-state index in [4.69, 9.17) is 0 Å². The molecular weight excluding hydrogens is 319 g/mol. The maximum Gasteiger partial charge on any atom is 0.254 e. The fourth-order valence-electron chi connectivity index (χ4n) is 2.41. The third-order valence-electron chi connectivity index (χ3n) is 3.62. The number of hydrogen-bond donors (Lipinski definition) is 1. The van der Waals surface area contributed by atoms with E-state index in [9.17, 15) is 17.6 Å². The maximum absolute atomic E-state index is 13.9. The second-order valence-corrected chi connectivity index (χ2v) is 7.56. The van der Waals surface area contributed by atoms with E-state index in [1.54, 1.807) is 4.90 Å². The molecule has 1 N–H and O–H groups in total.